The zero-order valence-electron chi connectivity index (χ0n) is 14.2. The number of hydrogen-bond donors (Lipinski definition) is 2. The fraction of sp³-hybridized carbons (Fsp3) is 0.263. The number of nitrogens with zero attached hydrogens (tertiary/aromatic N) is 1. The predicted molar refractivity (Wildman–Crippen MR) is 99.7 cm³/mol. The van der Waals surface area contributed by atoms with Gasteiger partial charge in [0.15, 0.2) is 0 Å². The largest absolute Gasteiger partial charge is 0.506 e. The maximum Gasteiger partial charge on any atom is 0.339 e. The molecule has 25 heavy (non-hydrogen) atoms. The number of benzene rings is 1. The Kier molecular flexibility index (Phi) is 3.65. The molecule has 3 heterocycles. The van der Waals surface area contributed by atoms with Crippen molar-refractivity contribution in [3.8, 4) is 5.75 Å². The number of phenols is 1. The summed E-state index contributed by atoms with van der Waals surface area (Å²) in [4.78, 5) is 13.1. The predicted octanol–water partition coefficient (Wildman–Crippen LogP) is 3.92. The zero-order valence-corrected chi connectivity index (χ0v) is 15.0. The molecule has 1 aliphatic heterocycles. The summed E-state index contributed by atoms with van der Waals surface area (Å²) in [5.74, 6) is 0.131. The Morgan fingerprint density at radius 1 is 1.32 bits per heavy atom. The van der Waals surface area contributed by atoms with Gasteiger partial charge >= 0.3 is 5.63 Å². The monoisotopic (exact) mass is 354 g/mol. The fourth-order valence-corrected chi connectivity index (χ4v) is 4.12. The van der Waals surface area contributed by atoms with Crippen molar-refractivity contribution in [1.82, 2.24) is 5.43 Å². The Morgan fingerprint density at radius 2 is 2.12 bits per heavy atom. The zero-order chi connectivity index (χ0) is 17.7. The lowest BCUT2D eigenvalue weighted by atomic mass is 9.94. The second-order valence-electron chi connectivity index (χ2n) is 6.39. The number of hydrazone groups is 1. The van der Waals surface area contributed by atoms with Crippen LogP contribution in [0.2, 0.25) is 0 Å². The van der Waals surface area contributed by atoms with Crippen molar-refractivity contribution in [2.75, 3.05) is 0 Å². The van der Waals surface area contributed by atoms with Crippen LogP contribution in [-0.4, -0.2) is 10.8 Å². The third-order valence-electron chi connectivity index (χ3n) is 4.84. The lowest BCUT2D eigenvalue weighted by Gasteiger charge is -2.13. The topological polar surface area (TPSA) is 74.8 Å². The van der Waals surface area contributed by atoms with Crippen LogP contribution in [0.4, 0.5) is 0 Å². The van der Waals surface area contributed by atoms with Gasteiger partial charge in [-0.25, -0.2) is 4.79 Å². The molecule has 1 aromatic carbocycles. The molecule has 128 valence electrons. The minimum atomic E-state index is -0.366. The van der Waals surface area contributed by atoms with Crippen molar-refractivity contribution in [1.29, 1.82) is 0 Å². The third kappa shape index (κ3) is 2.44. The molecule has 2 aromatic heterocycles. The highest BCUT2D eigenvalue weighted by Gasteiger charge is 2.27. The van der Waals surface area contributed by atoms with Crippen molar-refractivity contribution in [3.05, 3.63) is 61.1 Å². The van der Waals surface area contributed by atoms with Crippen molar-refractivity contribution in [2.45, 2.75) is 33.2 Å². The first-order valence-corrected chi connectivity index (χ1v) is 8.97. The molecule has 0 bridgehead atoms. The summed E-state index contributed by atoms with van der Waals surface area (Å²) in [6.45, 7) is 5.43. The Hall–Kier alpha value is -2.60. The third-order valence-corrected chi connectivity index (χ3v) is 5.82. The second-order valence-corrected chi connectivity index (χ2v) is 7.37. The smallest absolute Gasteiger partial charge is 0.339 e. The average Bonchev–Trinajstić information content (AvgIpc) is 3.23. The number of phenolic OH excluding ortho intramolecular Hbond substituents is 1. The van der Waals surface area contributed by atoms with E-state index in [2.05, 4.69) is 16.6 Å². The van der Waals surface area contributed by atoms with E-state index < -0.39 is 0 Å². The van der Waals surface area contributed by atoms with Crippen molar-refractivity contribution in [2.24, 2.45) is 5.10 Å². The summed E-state index contributed by atoms with van der Waals surface area (Å²) in [5.41, 5.74) is 6.83. The maximum atomic E-state index is 11.9. The quantitative estimate of drug-likeness (QED) is 0.684. The highest BCUT2D eigenvalue weighted by atomic mass is 32.1. The number of aryl methyl sites for hydroxylation is 2. The Morgan fingerprint density at radius 3 is 2.84 bits per heavy atom. The van der Waals surface area contributed by atoms with Gasteiger partial charge in [-0.3, -0.25) is 0 Å². The van der Waals surface area contributed by atoms with E-state index in [0.29, 0.717) is 23.0 Å². The molecule has 4 rings (SSSR count). The SMILES string of the molecule is Cc1cc2oc(=O)c(C)c(C)c2c(O)c1C1=NNC(c2cccs2)C1. The van der Waals surface area contributed by atoms with E-state index in [0.717, 1.165) is 22.4 Å². The summed E-state index contributed by atoms with van der Waals surface area (Å²) in [6.07, 6.45) is 0.704. The lowest BCUT2D eigenvalue weighted by molar-refractivity contribution is 0.476. The molecule has 0 amide bonds. The molecule has 6 heteroatoms. The highest BCUT2D eigenvalue weighted by molar-refractivity contribution is 7.10. The van der Waals surface area contributed by atoms with Crippen LogP contribution < -0.4 is 11.1 Å². The maximum absolute atomic E-state index is 11.9. The number of nitrogens with one attached hydrogen (secondary N) is 1. The van der Waals surface area contributed by atoms with Crippen LogP contribution in [0.1, 0.15) is 39.6 Å². The molecular formula is C19H18N2O3S. The molecule has 0 radical (unpaired) electrons. The number of thiophene rings is 1. The first kappa shape index (κ1) is 15.9. The molecule has 2 N–H and O–H groups in total. The van der Waals surface area contributed by atoms with E-state index in [9.17, 15) is 9.90 Å². The van der Waals surface area contributed by atoms with Gasteiger partial charge < -0.3 is 14.9 Å². The van der Waals surface area contributed by atoms with Crippen molar-refractivity contribution >= 4 is 28.0 Å². The summed E-state index contributed by atoms with van der Waals surface area (Å²) in [5, 5.41) is 18.0. The number of fused-ring (bicyclic) bond motifs is 1. The molecule has 1 aliphatic rings. The van der Waals surface area contributed by atoms with E-state index in [1.54, 1.807) is 24.3 Å². The average molecular weight is 354 g/mol. The molecular weight excluding hydrogens is 336 g/mol. The van der Waals surface area contributed by atoms with Gasteiger partial charge in [-0.15, -0.1) is 11.3 Å². The standard InChI is InChI=1S/C19H18N2O3S/c1-9-7-14-17(10(2)11(3)19(23)24-14)18(22)16(9)13-8-12(20-21-13)15-5-4-6-25-15/h4-7,12,20,22H,8H2,1-3H3. The van der Waals surface area contributed by atoms with Crippen LogP contribution in [-0.2, 0) is 0 Å². The van der Waals surface area contributed by atoms with E-state index >= 15 is 0 Å². The minimum absolute atomic E-state index is 0.126. The number of hydrogen-bond acceptors (Lipinski definition) is 6. The molecule has 0 saturated heterocycles. The molecule has 5 nitrogen and oxygen atoms in total. The lowest BCUT2D eigenvalue weighted by Crippen LogP contribution is -2.09. The van der Waals surface area contributed by atoms with Crippen LogP contribution >= 0.6 is 11.3 Å². The van der Waals surface area contributed by atoms with E-state index in [4.69, 9.17) is 4.42 Å². The number of aromatic hydroxyl groups is 1. The molecule has 0 aliphatic carbocycles. The number of rotatable bonds is 2. The van der Waals surface area contributed by atoms with Gasteiger partial charge in [0, 0.05) is 22.4 Å². The Bertz CT molecular complexity index is 1060. The van der Waals surface area contributed by atoms with Crippen molar-refractivity contribution in [3.63, 3.8) is 0 Å². The Labute approximate surface area is 148 Å². The van der Waals surface area contributed by atoms with Crippen molar-refractivity contribution < 1.29 is 9.52 Å². The van der Waals surface area contributed by atoms with Gasteiger partial charge in [0.25, 0.3) is 0 Å². The van der Waals surface area contributed by atoms with Crippen LogP contribution in [0.25, 0.3) is 11.0 Å². The molecule has 0 spiro atoms. The summed E-state index contributed by atoms with van der Waals surface area (Å²) in [6, 6.07) is 6.03. The van der Waals surface area contributed by atoms with Gasteiger partial charge in [-0.1, -0.05) is 6.07 Å². The molecule has 0 fully saturated rings. The Balaban J connectivity index is 1.85. The van der Waals surface area contributed by atoms with Crippen LogP contribution in [0, 0.1) is 20.8 Å². The van der Waals surface area contributed by atoms with Gasteiger partial charge in [0.05, 0.1) is 17.1 Å². The molecule has 3 aromatic rings. The first-order valence-electron chi connectivity index (χ1n) is 8.09. The van der Waals surface area contributed by atoms with Crippen LogP contribution in [0.3, 0.4) is 0 Å². The minimum Gasteiger partial charge on any atom is -0.506 e. The van der Waals surface area contributed by atoms with Gasteiger partial charge in [0.2, 0.25) is 0 Å². The molecule has 0 saturated carbocycles. The summed E-state index contributed by atoms with van der Waals surface area (Å²) >= 11 is 1.69. The fourth-order valence-electron chi connectivity index (χ4n) is 3.35. The van der Waals surface area contributed by atoms with E-state index in [1.165, 1.54) is 4.88 Å². The van der Waals surface area contributed by atoms with Gasteiger partial charge in [-0.2, -0.15) is 5.10 Å². The second kappa shape index (κ2) is 5.74. The van der Waals surface area contributed by atoms with Crippen LogP contribution in [0.15, 0.2) is 37.9 Å². The summed E-state index contributed by atoms with van der Waals surface area (Å²) < 4.78 is 5.36. The highest BCUT2D eigenvalue weighted by Crippen LogP contribution is 2.37. The van der Waals surface area contributed by atoms with Gasteiger partial charge in [-0.05, 0) is 49.4 Å². The van der Waals surface area contributed by atoms with E-state index in [1.807, 2.05) is 25.3 Å². The van der Waals surface area contributed by atoms with Crippen LogP contribution in [0.5, 0.6) is 5.75 Å². The summed E-state index contributed by atoms with van der Waals surface area (Å²) in [7, 11) is 0. The first-order chi connectivity index (χ1) is 12.0. The normalized spacial score (nSPS) is 16.9. The van der Waals surface area contributed by atoms with E-state index in [-0.39, 0.29) is 17.4 Å². The molecule has 1 atom stereocenters. The molecule has 1 unspecified atom stereocenters. The van der Waals surface area contributed by atoms with Gasteiger partial charge in [0.1, 0.15) is 11.3 Å².